The molecule has 5 N–H and O–H groups in total. The van der Waals surface area contributed by atoms with Crippen molar-refractivity contribution in [2.45, 2.75) is 432 Å². The molecule has 2 rings (SSSR count). The first-order chi connectivity index (χ1) is 63.1. The van der Waals surface area contributed by atoms with Crippen LogP contribution in [0.3, 0.4) is 0 Å². The van der Waals surface area contributed by atoms with Crippen molar-refractivity contribution in [3.8, 4) is 0 Å². The van der Waals surface area contributed by atoms with E-state index in [2.05, 4.69) is 52.2 Å². The van der Waals surface area contributed by atoms with Crippen molar-refractivity contribution in [2.24, 2.45) is 45.8 Å². The first-order valence-corrected chi connectivity index (χ1v) is 56.2. The van der Waals surface area contributed by atoms with E-state index < -0.39 is 131 Å². The fourth-order valence-corrected chi connectivity index (χ4v) is 23.4. The van der Waals surface area contributed by atoms with E-state index in [9.17, 15) is 72.9 Å². The molecule has 0 saturated carbocycles. The molecule has 0 aromatic rings. The van der Waals surface area contributed by atoms with Gasteiger partial charge in [-0.25, -0.2) is 0 Å². The van der Waals surface area contributed by atoms with E-state index in [-0.39, 0.29) is 102 Å². The second-order valence-corrected chi connectivity index (χ2v) is 44.7. The minimum absolute atomic E-state index is 0.0674. The lowest BCUT2D eigenvalue weighted by atomic mass is 9.58. The van der Waals surface area contributed by atoms with Crippen LogP contribution in [0.15, 0.2) is 0 Å². The number of hydrogen-bond donors (Lipinski definition) is 5. The predicted molar refractivity (Wildman–Crippen MR) is 534 cm³/mol. The quantitative estimate of drug-likeness (QED) is 0.0163. The van der Waals surface area contributed by atoms with Gasteiger partial charge in [-0.15, -0.1) is 0 Å². The summed E-state index contributed by atoms with van der Waals surface area (Å²) in [6, 6.07) is 0. The minimum atomic E-state index is -2.07. The molecule has 0 aromatic carbocycles. The van der Waals surface area contributed by atoms with Crippen molar-refractivity contribution in [2.75, 3.05) is 98.9 Å². The van der Waals surface area contributed by atoms with Gasteiger partial charge in [0.1, 0.15) is 18.8 Å². The zero-order chi connectivity index (χ0) is 98.2. The lowest BCUT2D eigenvalue weighted by molar-refractivity contribution is -0.175. The van der Waals surface area contributed by atoms with Crippen LogP contribution in [0.5, 0.6) is 0 Å². The van der Waals surface area contributed by atoms with Crippen LogP contribution in [0, 0.1) is 45.8 Å². The van der Waals surface area contributed by atoms with Gasteiger partial charge in [-0.05, 0) is 143 Å². The van der Waals surface area contributed by atoms with Crippen LogP contribution >= 0.6 is 43.2 Å². The van der Waals surface area contributed by atoms with Crippen LogP contribution < -0.4 is 10.6 Å². The fraction of sp³-hybridized carbons (Fsp3) is 0.882. The summed E-state index contributed by atoms with van der Waals surface area (Å²) in [5.41, 5.74) is -4.61. The van der Waals surface area contributed by atoms with Crippen LogP contribution in [0.2, 0.25) is 0 Å². The number of unbranched alkanes of at least 4 members (excludes halogenated alkanes) is 24. The van der Waals surface area contributed by atoms with Crippen molar-refractivity contribution in [3.05, 3.63) is 0 Å². The first kappa shape index (κ1) is 125. The predicted octanol–water partition coefficient (Wildman–Crippen LogP) is 22.6. The number of rotatable bonds is 84. The summed E-state index contributed by atoms with van der Waals surface area (Å²) in [6.45, 7) is 20.1. The van der Waals surface area contributed by atoms with Gasteiger partial charge >= 0.3 is 59.7 Å². The van der Waals surface area contributed by atoms with Crippen molar-refractivity contribution in [3.63, 3.8) is 0 Å². The molecule has 10 unspecified atom stereocenters. The molecule has 0 radical (unpaired) electrons. The summed E-state index contributed by atoms with van der Waals surface area (Å²) in [4.78, 5) is 164. The second-order valence-electron chi connectivity index (χ2n) is 39.1. The number of carbonyl (C=O) groups excluding carboxylic acids is 9. The third-order valence-corrected chi connectivity index (χ3v) is 31.3. The lowest BCUT2D eigenvalue weighted by Crippen LogP contribution is -2.56. The standard InChI is InChI=1S/2C51H92N2O11S2/c1-8-11-14-17-18-20-25-40(24-19-15-12-9-2)38-62-44(56)30-34-52-48(59)47(50(4,5)39-63-45(57)31-35-53(6)7)51(49(60)61,33-29-43(54)55)37-41(26-21-16-13-10-3)64-46(58)28-23-22-27-42-32-36-65-66-42;1-8-11-14-17-18-20-25-40(24-19-15-12-9-2)37-61-45(56)31-34-52-49(59)48(51(4,5)39-63-46(57)32-35-53(6)7)43(29-30-44(54)55)50(60)62-38-41(26-21-16-13-10-3)64-47(58)28-23-22-27-42-33-36-65-66-42/h40-42,47H,8-39H2,1-7H3,(H,52,59)(H,54,55)(H,60,61);40-43,48H,8-39H2,1-7H3,(H,52,59)(H,54,55). The lowest BCUT2D eigenvalue weighted by Gasteiger charge is -2.45. The Kier molecular flexibility index (Phi) is 73.7. The summed E-state index contributed by atoms with van der Waals surface area (Å²) in [5.74, 6) is -9.78. The number of nitrogens with one attached hydrogen (secondary N) is 2. The van der Waals surface area contributed by atoms with Gasteiger partial charge in [0, 0.05) is 91.1 Å². The molecule has 30 heteroatoms. The van der Waals surface area contributed by atoms with Gasteiger partial charge < -0.3 is 68.9 Å². The molecule has 0 bridgehead atoms. The van der Waals surface area contributed by atoms with E-state index in [0.717, 1.165) is 172 Å². The highest BCUT2D eigenvalue weighted by Gasteiger charge is 2.57. The number of esters is 7. The Hall–Kier alpha value is -5.04. The molecule has 0 aliphatic carbocycles. The number of carbonyl (C=O) groups is 12. The number of ether oxygens (including phenoxy) is 7. The van der Waals surface area contributed by atoms with Gasteiger partial charge in [-0.2, -0.15) is 0 Å². The summed E-state index contributed by atoms with van der Waals surface area (Å²) in [6.07, 6.45) is 39.6. The first-order valence-electron chi connectivity index (χ1n) is 51.4. The average molecular weight is 1950 g/mol. The molecular formula is C102H184N4O22S4. The molecule has 2 aliphatic heterocycles. The molecule has 26 nitrogen and oxygen atoms in total. The van der Waals surface area contributed by atoms with Gasteiger partial charge in [0.25, 0.3) is 0 Å². The fourth-order valence-electron chi connectivity index (χ4n) is 17.3. The number of carboxylic acids is 3. The minimum Gasteiger partial charge on any atom is -0.481 e. The number of amides is 2. The zero-order valence-electron chi connectivity index (χ0n) is 84.6. The smallest absolute Gasteiger partial charge is 0.310 e. The Morgan fingerprint density at radius 3 is 1.14 bits per heavy atom. The van der Waals surface area contributed by atoms with Gasteiger partial charge in [-0.3, -0.25) is 57.5 Å². The van der Waals surface area contributed by atoms with Crippen LogP contribution in [0.25, 0.3) is 0 Å². The Bertz CT molecular complexity index is 3120. The number of carboxylic acid groups (broad SMARTS) is 3. The SMILES string of the molecule is CCCCCCCCC(CCCCCC)COC(=O)CCNC(=O)C(C(C)(C)COC(=O)CCN(C)C)C(CCC(=O)O)(CC(CCCCCC)OC(=O)CCCCC1CCSS1)C(=O)O.CCCCCCCCC(CCCCCC)COC(=O)CCNC(=O)C(C(CCC(=O)O)C(=O)OCC(CCCCCC)OC(=O)CCCCC1CCSS1)C(C)(C)COC(=O)CCN(C)C. The molecule has 2 saturated heterocycles. The van der Waals surface area contributed by atoms with Crippen molar-refractivity contribution < 1.29 is 106 Å². The molecule has 0 aromatic heterocycles. The third-order valence-electron chi connectivity index (χ3n) is 25.3. The summed E-state index contributed by atoms with van der Waals surface area (Å²) in [5, 5.41) is 37.9. The van der Waals surface area contributed by atoms with Crippen molar-refractivity contribution in [1.29, 1.82) is 0 Å². The maximum atomic E-state index is 14.7. The summed E-state index contributed by atoms with van der Waals surface area (Å²) < 4.78 is 40.8. The van der Waals surface area contributed by atoms with E-state index in [1.807, 2.05) is 81.2 Å². The van der Waals surface area contributed by atoms with Crippen LogP contribution in [-0.4, -0.2) is 218 Å². The maximum absolute atomic E-state index is 14.7. The van der Waals surface area contributed by atoms with Gasteiger partial charge in [0.05, 0.1) is 75.3 Å². The second kappa shape index (κ2) is 77.8. The monoisotopic (exact) mass is 1950 g/mol. The van der Waals surface area contributed by atoms with Crippen LogP contribution in [0.4, 0.5) is 0 Å². The number of hydrogen-bond acceptors (Lipinski definition) is 25. The van der Waals surface area contributed by atoms with E-state index in [1.54, 1.807) is 27.7 Å². The summed E-state index contributed by atoms with van der Waals surface area (Å²) >= 11 is 0. The highest BCUT2D eigenvalue weighted by atomic mass is 33.1. The Balaban J connectivity index is 0.00000132. The van der Waals surface area contributed by atoms with E-state index in [0.29, 0.717) is 68.9 Å². The van der Waals surface area contributed by atoms with Gasteiger partial charge in [0.15, 0.2) is 0 Å². The number of nitrogens with zero attached hydrogens (tertiary/aromatic N) is 2. The third kappa shape index (κ3) is 62.0. The molecule has 0 spiro atoms. The molecule has 2 aliphatic rings. The topological polar surface area (TPSA) is 361 Å². The molecular weight excluding hydrogens is 1760 g/mol. The van der Waals surface area contributed by atoms with Gasteiger partial charge in [-0.1, -0.05) is 292 Å². The van der Waals surface area contributed by atoms with Crippen LogP contribution in [-0.2, 0) is 90.7 Å². The Morgan fingerprint density at radius 1 is 0.379 bits per heavy atom. The number of aliphatic carboxylic acids is 3. The molecule has 10 atom stereocenters. The van der Waals surface area contributed by atoms with E-state index >= 15 is 0 Å². The van der Waals surface area contributed by atoms with E-state index in [1.165, 1.54) is 77.0 Å². The highest BCUT2D eigenvalue weighted by Crippen LogP contribution is 2.50. The van der Waals surface area contributed by atoms with Crippen molar-refractivity contribution in [1.82, 2.24) is 20.4 Å². The van der Waals surface area contributed by atoms with Crippen LogP contribution in [0.1, 0.15) is 410 Å². The largest absolute Gasteiger partial charge is 0.481 e. The normalized spacial score (nSPS) is 16.0. The molecule has 132 heavy (non-hydrogen) atoms. The summed E-state index contributed by atoms with van der Waals surface area (Å²) in [7, 11) is 14.9. The molecule has 2 fully saturated rings. The average Bonchev–Trinajstić information content (AvgIpc) is 0.809. The van der Waals surface area contributed by atoms with Crippen molar-refractivity contribution >= 4 is 115 Å². The van der Waals surface area contributed by atoms with E-state index in [4.69, 9.17) is 33.2 Å². The Labute approximate surface area is 813 Å². The maximum Gasteiger partial charge on any atom is 0.310 e. The highest BCUT2D eigenvalue weighted by molar-refractivity contribution is 8.77. The zero-order valence-corrected chi connectivity index (χ0v) is 87.8. The molecule has 2 amide bonds. The Morgan fingerprint density at radius 2 is 0.750 bits per heavy atom. The molecule has 2 heterocycles. The van der Waals surface area contributed by atoms with Gasteiger partial charge in [0.2, 0.25) is 11.8 Å². The molecule has 768 valence electrons.